The number of halogens is 1. The Bertz CT molecular complexity index is 1470. The Labute approximate surface area is 231 Å². The summed E-state index contributed by atoms with van der Waals surface area (Å²) >= 11 is 0. The van der Waals surface area contributed by atoms with Crippen molar-refractivity contribution < 1.29 is 33.3 Å². The van der Waals surface area contributed by atoms with Crippen molar-refractivity contribution in [2.24, 2.45) is 0 Å². The third-order valence-electron chi connectivity index (χ3n) is 6.93. The number of carboxylic acids is 1. The molecule has 1 unspecified atom stereocenters. The molecule has 0 spiro atoms. The van der Waals surface area contributed by atoms with Crippen molar-refractivity contribution in [1.82, 2.24) is 5.32 Å². The predicted molar refractivity (Wildman–Crippen MR) is 147 cm³/mol. The number of carbonyl (C=O) groups excluding carboxylic acids is 1. The summed E-state index contributed by atoms with van der Waals surface area (Å²) in [4.78, 5) is 24.7. The molecule has 0 saturated carbocycles. The molecule has 0 aromatic heterocycles. The number of carboxylic acid groups (broad SMARTS) is 1. The van der Waals surface area contributed by atoms with E-state index in [1.165, 1.54) is 31.4 Å². The van der Waals surface area contributed by atoms with Gasteiger partial charge in [-0.3, -0.25) is 0 Å². The Morgan fingerprint density at radius 2 is 1.57 bits per heavy atom. The van der Waals surface area contributed by atoms with Crippen LogP contribution in [0.1, 0.15) is 28.2 Å². The van der Waals surface area contributed by atoms with Crippen molar-refractivity contribution in [2.75, 3.05) is 13.7 Å². The lowest BCUT2D eigenvalue weighted by molar-refractivity contribution is -0.139. The zero-order valence-electron chi connectivity index (χ0n) is 21.8. The number of aliphatic carboxylic acids is 1. The second-order valence-electron chi connectivity index (χ2n) is 9.45. The van der Waals surface area contributed by atoms with Crippen LogP contribution in [-0.4, -0.2) is 36.9 Å². The lowest BCUT2D eigenvalue weighted by Crippen LogP contribution is -2.42. The summed E-state index contributed by atoms with van der Waals surface area (Å²) in [7, 11) is 1.52. The van der Waals surface area contributed by atoms with E-state index in [-0.39, 0.29) is 31.4 Å². The second kappa shape index (κ2) is 11.9. The minimum atomic E-state index is -1.21. The van der Waals surface area contributed by atoms with Crippen LogP contribution in [0.3, 0.4) is 0 Å². The molecule has 1 aliphatic carbocycles. The molecule has 8 heteroatoms. The first-order chi connectivity index (χ1) is 19.4. The third kappa shape index (κ3) is 5.91. The first-order valence-corrected chi connectivity index (χ1v) is 12.8. The van der Waals surface area contributed by atoms with Crippen molar-refractivity contribution >= 4 is 12.1 Å². The largest absolute Gasteiger partial charge is 0.496 e. The number of alkyl carbamates (subject to hydrolysis) is 1. The van der Waals surface area contributed by atoms with Crippen molar-refractivity contribution in [3.63, 3.8) is 0 Å². The summed E-state index contributed by atoms with van der Waals surface area (Å²) in [5, 5.41) is 12.3. The smallest absolute Gasteiger partial charge is 0.407 e. The summed E-state index contributed by atoms with van der Waals surface area (Å²) in [6.07, 6.45) is -0.782. The molecule has 1 amide bonds. The Balaban J connectivity index is 1.23. The van der Waals surface area contributed by atoms with Gasteiger partial charge < -0.3 is 24.6 Å². The molecule has 7 nitrogen and oxygen atoms in total. The van der Waals surface area contributed by atoms with E-state index < -0.39 is 18.1 Å². The van der Waals surface area contributed by atoms with Gasteiger partial charge >= 0.3 is 12.1 Å². The number of methoxy groups -OCH3 is 1. The number of amides is 1. The van der Waals surface area contributed by atoms with E-state index in [9.17, 15) is 19.1 Å². The molecule has 0 radical (unpaired) electrons. The van der Waals surface area contributed by atoms with Gasteiger partial charge in [0.25, 0.3) is 0 Å². The quantitative estimate of drug-likeness (QED) is 0.258. The Morgan fingerprint density at radius 1 is 0.925 bits per heavy atom. The molecule has 4 aromatic rings. The van der Waals surface area contributed by atoms with E-state index in [4.69, 9.17) is 14.2 Å². The maximum atomic E-state index is 13.2. The summed E-state index contributed by atoms with van der Waals surface area (Å²) in [6, 6.07) is 25.6. The number of ether oxygens (including phenoxy) is 3. The molecule has 0 heterocycles. The molecule has 4 aromatic carbocycles. The zero-order chi connectivity index (χ0) is 28.1. The molecular weight excluding hydrogens is 513 g/mol. The molecule has 40 heavy (non-hydrogen) atoms. The standard InChI is InChI=1S/C32H28FNO6/c1-38-30-15-10-20(16-21(30)18-39-23-13-11-22(33)12-14-23)17-29(31(35)36)34-32(37)40-19-28-26-8-4-2-6-24(26)25-7-3-5-9-27(25)28/h2-16,28-29H,17-19H2,1H3,(H,34,37)(H,35,36). The highest BCUT2D eigenvalue weighted by Crippen LogP contribution is 2.44. The van der Waals surface area contributed by atoms with Gasteiger partial charge in [-0.1, -0.05) is 54.6 Å². The van der Waals surface area contributed by atoms with Crippen LogP contribution >= 0.6 is 0 Å². The Morgan fingerprint density at radius 3 is 2.20 bits per heavy atom. The monoisotopic (exact) mass is 541 g/mol. The fraction of sp³-hybridized carbons (Fsp3) is 0.188. The van der Waals surface area contributed by atoms with Crippen LogP contribution in [0.4, 0.5) is 9.18 Å². The number of hydrogen-bond acceptors (Lipinski definition) is 5. The summed E-state index contributed by atoms with van der Waals surface area (Å²) in [5.41, 5.74) is 5.68. The molecule has 204 valence electrons. The van der Waals surface area contributed by atoms with Crippen molar-refractivity contribution in [2.45, 2.75) is 25.0 Å². The zero-order valence-corrected chi connectivity index (χ0v) is 21.8. The number of rotatable bonds is 10. The normalized spacial score (nSPS) is 12.7. The number of benzene rings is 4. The average molecular weight is 542 g/mol. The molecule has 1 atom stereocenters. The Hall–Kier alpha value is -4.85. The molecular formula is C32H28FNO6. The lowest BCUT2D eigenvalue weighted by Gasteiger charge is -2.18. The molecule has 0 saturated heterocycles. The first kappa shape index (κ1) is 26.7. The average Bonchev–Trinajstić information content (AvgIpc) is 3.29. The van der Waals surface area contributed by atoms with Gasteiger partial charge in [0.1, 0.15) is 36.6 Å². The van der Waals surface area contributed by atoms with Crippen molar-refractivity contribution in [1.29, 1.82) is 0 Å². The highest BCUT2D eigenvalue weighted by molar-refractivity contribution is 5.81. The lowest BCUT2D eigenvalue weighted by atomic mass is 9.98. The number of nitrogens with one attached hydrogen (secondary N) is 1. The van der Waals surface area contributed by atoms with Gasteiger partial charge in [-0.25, -0.2) is 14.0 Å². The number of carbonyl (C=O) groups is 2. The summed E-state index contributed by atoms with van der Waals surface area (Å²) in [5.74, 6) is -0.646. The molecule has 0 bridgehead atoms. The topological polar surface area (TPSA) is 94.1 Å². The van der Waals surface area contributed by atoms with Crippen molar-refractivity contribution in [3.05, 3.63) is 119 Å². The third-order valence-corrected chi connectivity index (χ3v) is 6.93. The van der Waals surface area contributed by atoms with Crippen molar-refractivity contribution in [3.8, 4) is 22.6 Å². The second-order valence-corrected chi connectivity index (χ2v) is 9.45. The highest BCUT2D eigenvalue weighted by atomic mass is 19.1. The van der Waals surface area contributed by atoms with Crippen LogP contribution in [0.2, 0.25) is 0 Å². The number of fused-ring (bicyclic) bond motifs is 3. The minimum Gasteiger partial charge on any atom is -0.496 e. The van der Waals surface area contributed by atoms with Crippen LogP contribution in [0.5, 0.6) is 11.5 Å². The molecule has 5 rings (SSSR count). The van der Waals surface area contributed by atoms with Gasteiger partial charge in [0.05, 0.1) is 7.11 Å². The van der Waals surface area contributed by atoms with E-state index >= 15 is 0 Å². The first-order valence-electron chi connectivity index (χ1n) is 12.8. The molecule has 0 aliphatic heterocycles. The van der Waals surface area contributed by atoms with Gasteiger partial charge in [-0.2, -0.15) is 0 Å². The van der Waals surface area contributed by atoms with E-state index in [0.29, 0.717) is 22.6 Å². The van der Waals surface area contributed by atoms with Gasteiger partial charge in [0, 0.05) is 17.9 Å². The van der Waals surface area contributed by atoms with Gasteiger partial charge in [0.2, 0.25) is 0 Å². The van der Waals surface area contributed by atoms with E-state index in [0.717, 1.165) is 22.3 Å². The fourth-order valence-corrected chi connectivity index (χ4v) is 4.98. The van der Waals surface area contributed by atoms with E-state index in [1.807, 2.05) is 48.5 Å². The van der Waals surface area contributed by atoms with Crippen LogP contribution in [0.15, 0.2) is 91.0 Å². The van der Waals surface area contributed by atoms with Gasteiger partial charge in [0.15, 0.2) is 0 Å². The molecule has 0 fully saturated rings. The summed E-state index contributed by atoms with van der Waals surface area (Å²) in [6.45, 7) is 0.208. The molecule has 1 aliphatic rings. The van der Waals surface area contributed by atoms with Crippen LogP contribution in [-0.2, 0) is 22.6 Å². The SMILES string of the molecule is COc1ccc(CC(NC(=O)OCC2c3ccccc3-c3ccccc32)C(=O)O)cc1COc1ccc(F)cc1. The predicted octanol–water partition coefficient (Wildman–Crippen LogP) is 5.95. The van der Waals surface area contributed by atoms with Gasteiger partial charge in [-0.15, -0.1) is 0 Å². The maximum Gasteiger partial charge on any atom is 0.407 e. The van der Waals surface area contributed by atoms with Crippen LogP contribution < -0.4 is 14.8 Å². The Kier molecular flexibility index (Phi) is 7.96. The van der Waals surface area contributed by atoms with Crippen LogP contribution in [0, 0.1) is 5.82 Å². The minimum absolute atomic E-state index is 0.0209. The fourth-order valence-electron chi connectivity index (χ4n) is 4.98. The van der Waals surface area contributed by atoms with E-state index in [1.54, 1.807) is 18.2 Å². The summed E-state index contributed by atoms with van der Waals surface area (Å²) < 4.78 is 29.9. The highest BCUT2D eigenvalue weighted by Gasteiger charge is 2.30. The van der Waals surface area contributed by atoms with Crippen LogP contribution in [0.25, 0.3) is 11.1 Å². The van der Waals surface area contributed by atoms with Gasteiger partial charge in [-0.05, 0) is 64.2 Å². The number of hydrogen-bond donors (Lipinski definition) is 2. The maximum absolute atomic E-state index is 13.2. The van der Waals surface area contributed by atoms with E-state index in [2.05, 4.69) is 5.32 Å². The molecule has 2 N–H and O–H groups in total.